The van der Waals surface area contributed by atoms with Crippen LogP contribution in [-0.2, 0) is 6.54 Å². The van der Waals surface area contributed by atoms with E-state index in [0.717, 1.165) is 18.9 Å². The van der Waals surface area contributed by atoms with Gasteiger partial charge in [0.05, 0.1) is 6.54 Å². The van der Waals surface area contributed by atoms with Gasteiger partial charge in [-0.3, -0.25) is 0 Å². The van der Waals surface area contributed by atoms with E-state index in [4.69, 9.17) is 10.2 Å². The SMILES string of the molecule is CC(C)CN1CCCCC1CCNc1nnc(CN)o1.Cl.Cl. The van der Waals surface area contributed by atoms with Gasteiger partial charge in [-0.2, -0.15) is 0 Å². The Balaban J connectivity index is 0.00000220. The van der Waals surface area contributed by atoms with Gasteiger partial charge in [0.2, 0.25) is 5.89 Å². The molecule has 1 saturated heterocycles. The maximum Gasteiger partial charge on any atom is 0.315 e. The van der Waals surface area contributed by atoms with Crippen molar-refractivity contribution in [1.29, 1.82) is 0 Å². The molecule has 0 aliphatic carbocycles. The van der Waals surface area contributed by atoms with E-state index in [9.17, 15) is 0 Å². The smallest absolute Gasteiger partial charge is 0.315 e. The number of nitrogens with one attached hydrogen (secondary N) is 1. The molecule has 1 aliphatic rings. The average molecular weight is 354 g/mol. The molecule has 2 rings (SSSR count). The van der Waals surface area contributed by atoms with Crippen LogP contribution >= 0.6 is 24.8 Å². The molecule has 1 aromatic rings. The molecule has 1 atom stereocenters. The predicted octanol–water partition coefficient (Wildman–Crippen LogP) is 2.68. The molecular formula is C14H29Cl2N5O. The van der Waals surface area contributed by atoms with E-state index in [0.29, 0.717) is 24.5 Å². The van der Waals surface area contributed by atoms with E-state index in [1.165, 1.54) is 32.4 Å². The summed E-state index contributed by atoms with van der Waals surface area (Å²) in [6.07, 6.45) is 5.09. The number of likely N-dealkylation sites (tertiary alicyclic amines) is 1. The zero-order valence-corrected chi connectivity index (χ0v) is 15.1. The lowest BCUT2D eigenvalue weighted by molar-refractivity contribution is 0.127. The fourth-order valence-electron chi connectivity index (χ4n) is 2.85. The molecule has 0 saturated carbocycles. The van der Waals surface area contributed by atoms with Crippen molar-refractivity contribution in [3.63, 3.8) is 0 Å². The molecule has 22 heavy (non-hydrogen) atoms. The van der Waals surface area contributed by atoms with Gasteiger partial charge in [0, 0.05) is 19.1 Å². The van der Waals surface area contributed by atoms with E-state index < -0.39 is 0 Å². The molecular weight excluding hydrogens is 325 g/mol. The maximum atomic E-state index is 5.44. The van der Waals surface area contributed by atoms with Gasteiger partial charge < -0.3 is 20.4 Å². The number of hydrogen-bond acceptors (Lipinski definition) is 6. The number of aromatic nitrogens is 2. The van der Waals surface area contributed by atoms with Gasteiger partial charge in [0.1, 0.15) is 0 Å². The van der Waals surface area contributed by atoms with Crippen LogP contribution < -0.4 is 11.1 Å². The number of rotatable bonds is 7. The molecule has 6 nitrogen and oxygen atoms in total. The minimum atomic E-state index is 0. The zero-order valence-electron chi connectivity index (χ0n) is 13.5. The maximum absolute atomic E-state index is 5.44. The molecule has 2 heterocycles. The first-order valence-corrected chi connectivity index (χ1v) is 7.69. The Bertz CT molecular complexity index is 402. The quantitative estimate of drug-likeness (QED) is 0.784. The third-order valence-electron chi connectivity index (χ3n) is 3.74. The van der Waals surface area contributed by atoms with E-state index in [-0.39, 0.29) is 24.8 Å². The summed E-state index contributed by atoms with van der Waals surface area (Å²) in [5, 5.41) is 11.0. The van der Waals surface area contributed by atoms with Crippen LogP contribution in [0.15, 0.2) is 4.42 Å². The molecule has 0 spiro atoms. The van der Waals surface area contributed by atoms with E-state index in [2.05, 4.69) is 34.3 Å². The second-order valence-electron chi connectivity index (χ2n) is 5.96. The van der Waals surface area contributed by atoms with Crippen LogP contribution in [-0.4, -0.2) is 40.8 Å². The summed E-state index contributed by atoms with van der Waals surface area (Å²) >= 11 is 0. The molecule has 0 bridgehead atoms. The molecule has 1 unspecified atom stereocenters. The Kier molecular flexibility index (Phi) is 10.8. The molecule has 1 aromatic heterocycles. The Hall–Kier alpha value is -0.560. The number of halogens is 2. The van der Waals surface area contributed by atoms with Gasteiger partial charge in [-0.05, 0) is 31.7 Å². The summed E-state index contributed by atoms with van der Waals surface area (Å²) in [5.74, 6) is 1.21. The van der Waals surface area contributed by atoms with Crippen molar-refractivity contribution in [2.45, 2.75) is 52.1 Å². The van der Waals surface area contributed by atoms with Crippen LogP contribution in [0.4, 0.5) is 6.01 Å². The fraction of sp³-hybridized carbons (Fsp3) is 0.857. The first-order chi connectivity index (χ1) is 9.69. The molecule has 0 aromatic carbocycles. The van der Waals surface area contributed by atoms with Crippen LogP contribution in [0.2, 0.25) is 0 Å². The topological polar surface area (TPSA) is 80.2 Å². The van der Waals surface area contributed by atoms with Crippen LogP contribution in [0, 0.1) is 5.92 Å². The summed E-state index contributed by atoms with van der Waals surface area (Å²) in [4.78, 5) is 2.63. The largest absolute Gasteiger partial charge is 0.407 e. The van der Waals surface area contributed by atoms with Crippen molar-refractivity contribution in [3.05, 3.63) is 5.89 Å². The Morgan fingerprint density at radius 2 is 2.09 bits per heavy atom. The number of nitrogens with zero attached hydrogens (tertiary/aromatic N) is 3. The predicted molar refractivity (Wildman–Crippen MR) is 93.8 cm³/mol. The second-order valence-corrected chi connectivity index (χ2v) is 5.96. The molecule has 130 valence electrons. The standard InChI is InChI=1S/C14H27N5O.2ClH/c1-11(2)10-19-8-4-3-5-12(19)6-7-16-14-18-17-13(9-15)20-14;;/h11-12H,3-10,15H2,1-2H3,(H,16,18);2*1H. The zero-order chi connectivity index (χ0) is 14.4. The highest BCUT2D eigenvalue weighted by Gasteiger charge is 2.22. The molecule has 8 heteroatoms. The summed E-state index contributed by atoms with van der Waals surface area (Å²) in [7, 11) is 0. The minimum absolute atomic E-state index is 0. The highest BCUT2D eigenvalue weighted by Crippen LogP contribution is 2.21. The van der Waals surface area contributed by atoms with Crippen molar-refractivity contribution in [3.8, 4) is 0 Å². The first-order valence-electron chi connectivity index (χ1n) is 7.69. The first kappa shape index (κ1) is 21.4. The number of hydrogen-bond donors (Lipinski definition) is 2. The van der Waals surface area contributed by atoms with Gasteiger partial charge in [0.15, 0.2) is 0 Å². The summed E-state index contributed by atoms with van der Waals surface area (Å²) in [6.45, 7) is 8.17. The molecule has 0 amide bonds. The van der Waals surface area contributed by atoms with Gasteiger partial charge in [0.25, 0.3) is 0 Å². The number of anilines is 1. The Morgan fingerprint density at radius 3 is 2.73 bits per heavy atom. The summed E-state index contributed by atoms with van der Waals surface area (Å²) in [6, 6.07) is 1.16. The number of nitrogens with two attached hydrogens (primary N) is 1. The van der Waals surface area contributed by atoms with Crippen molar-refractivity contribution < 1.29 is 4.42 Å². The van der Waals surface area contributed by atoms with Gasteiger partial charge >= 0.3 is 6.01 Å². The third kappa shape index (κ3) is 6.69. The van der Waals surface area contributed by atoms with E-state index in [1.807, 2.05) is 0 Å². The summed E-state index contributed by atoms with van der Waals surface area (Å²) < 4.78 is 5.34. The van der Waals surface area contributed by atoms with E-state index >= 15 is 0 Å². The number of piperidine rings is 1. The van der Waals surface area contributed by atoms with Crippen LogP contribution in [0.5, 0.6) is 0 Å². The average Bonchev–Trinajstić information content (AvgIpc) is 2.88. The van der Waals surface area contributed by atoms with Gasteiger partial charge in [-0.15, -0.1) is 29.9 Å². The fourth-order valence-corrected chi connectivity index (χ4v) is 2.85. The van der Waals surface area contributed by atoms with Crippen molar-refractivity contribution in [2.75, 3.05) is 25.0 Å². The normalized spacial score (nSPS) is 18.6. The second kappa shape index (κ2) is 11.0. The highest BCUT2D eigenvalue weighted by molar-refractivity contribution is 5.85. The highest BCUT2D eigenvalue weighted by atomic mass is 35.5. The summed E-state index contributed by atoms with van der Waals surface area (Å²) in [5.41, 5.74) is 5.44. The molecule has 0 radical (unpaired) electrons. The third-order valence-corrected chi connectivity index (χ3v) is 3.74. The van der Waals surface area contributed by atoms with Crippen molar-refractivity contribution >= 4 is 30.8 Å². The lowest BCUT2D eigenvalue weighted by Crippen LogP contribution is -2.42. The van der Waals surface area contributed by atoms with Gasteiger partial charge in [-0.1, -0.05) is 25.4 Å². The lowest BCUT2D eigenvalue weighted by Gasteiger charge is -2.36. The molecule has 3 N–H and O–H groups in total. The van der Waals surface area contributed by atoms with E-state index in [1.54, 1.807) is 0 Å². The van der Waals surface area contributed by atoms with Crippen LogP contribution in [0.3, 0.4) is 0 Å². The van der Waals surface area contributed by atoms with Crippen molar-refractivity contribution in [1.82, 2.24) is 15.1 Å². The molecule has 1 fully saturated rings. The van der Waals surface area contributed by atoms with Gasteiger partial charge in [-0.25, -0.2) is 0 Å². The monoisotopic (exact) mass is 353 g/mol. The van der Waals surface area contributed by atoms with Crippen molar-refractivity contribution in [2.24, 2.45) is 11.7 Å². The van der Waals surface area contributed by atoms with Crippen LogP contribution in [0.1, 0.15) is 45.4 Å². The molecule has 1 aliphatic heterocycles. The van der Waals surface area contributed by atoms with Crippen LogP contribution in [0.25, 0.3) is 0 Å². The Labute approximate surface area is 145 Å². The lowest BCUT2D eigenvalue weighted by atomic mass is 9.98. The Morgan fingerprint density at radius 1 is 1.32 bits per heavy atom. The minimum Gasteiger partial charge on any atom is -0.407 e.